The number of hydrogen-bond donors (Lipinski definition) is 3. The maximum Gasteiger partial charge on any atom is 0.258 e. The van der Waals surface area contributed by atoms with Gasteiger partial charge in [0.25, 0.3) is 5.91 Å². The van der Waals surface area contributed by atoms with E-state index in [9.17, 15) is 27.9 Å². The van der Waals surface area contributed by atoms with Gasteiger partial charge in [0, 0.05) is 30.6 Å². The zero-order valence-electron chi connectivity index (χ0n) is 30.2. The average molecular weight is 738 g/mol. The molecule has 3 aromatic carbocycles. The predicted molar refractivity (Wildman–Crippen MR) is 202 cm³/mol. The topological polar surface area (TPSA) is 142 Å². The fraction of sp³-hybridized carbons (Fsp3) is 0.462. The van der Waals surface area contributed by atoms with Gasteiger partial charge in [-0.05, 0) is 68.3 Å². The maximum atomic E-state index is 14.3. The summed E-state index contributed by atoms with van der Waals surface area (Å²) in [6.45, 7) is 7.43. The Kier molecular flexibility index (Phi) is 14.1. The van der Waals surface area contributed by atoms with Crippen LogP contribution in [0, 0.1) is 5.92 Å². The molecule has 1 amide bonds. The smallest absolute Gasteiger partial charge is 0.258 e. The second-order valence-electron chi connectivity index (χ2n) is 13.3. The number of phenolic OH excluding ortho intramolecular Hbond substituents is 1. The molecule has 0 aromatic heterocycles. The van der Waals surface area contributed by atoms with E-state index >= 15 is 0 Å². The van der Waals surface area contributed by atoms with Crippen molar-refractivity contribution in [1.82, 2.24) is 10.0 Å². The van der Waals surface area contributed by atoms with E-state index in [1.165, 1.54) is 36.9 Å². The van der Waals surface area contributed by atoms with Crippen molar-refractivity contribution in [1.29, 1.82) is 0 Å². The van der Waals surface area contributed by atoms with Crippen LogP contribution in [-0.2, 0) is 24.4 Å². The minimum Gasteiger partial charge on any atom is -0.508 e. The Bertz CT molecular complexity index is 1760. The van der Waals surface area contributed by atoms with Crippen LogP contribution in [-0.4, -0.2) is 55.9 Å². The Morgan fingerprint density at radius 1 is 1.00 bits per heavy atom. The van der Waals surface area contributed by atoms with Gasteiger partial charge in [0.1, 0.15) is 28.2 Å². The molecule has 1 aliphatic heterocycles. The van der Waals surface area contributed by atoms with E-state index in [2.05, 4.69) is 28.8 Å². The molecule has 4 rings (SSSR count). The summed E-state index contributed by atoms with van der Waals surface area (Å²) in [6.07, 6.45) is 7.25. The van der Waals surface area contributed by atoms with Crippen LogP contribution < -0.4 is 19.7 Å². The monoisotopic (exact) mass is 737 g/mol. The van der Waals surface area contributed by atoms with Crippen LogP contribution in [0.25, 0.3) is 0 Å². The first kappa shape index (κ1) is 39.9. The summed E-state index contributed by atoms with van der Waals surface area (Å²) in [5.41, 5.74) is 1.15. The number of Topliss-reactive ketones (excluding diaryl/α,β-unsaturated/α-hetero) is 2. The summed E-state index contributed by atoms with van der Waals surface area (Å²) < 4.78 is 37.8. The number of benzene rings is 3. The summed E-state index contributed by atoms with van der Waals surface area (Å²) in [5.74, 6) is -1.32. The van der Waals surface area contributed by atoms with Gasteiger partial charge in [0.15, 0.2) is 12.4 Å². The molecule has 1 aliphatic rings. The molecule has 0 saturated heterocycles. The number of phenols is 1. The van der Waals surface area contributed by atoms with Gasteiger partial charge in [-0.25, -0.2) is 13.1 Å². The lowest BCUT2D eigenvalue weighted by atomic mass is 9.87. The van der Waals surface area contributed by atoms with Crippen LogP contribution in [0.3, 0.4) is 0 Å². The summed E-state index contributed by atoms with van der Waals surface area (Å²) in [7, 11) is -4.04. The third-order valence-corrected chi connectivity index (χ3v) is 11.8. The van der Waals surface area contributed by atoms with E-state index in [4.69, 9.17) is 4.74 Å². The summed E-state index contributed by atoms with van der Waals surface area (Å²) >= 11 is 1.37. The number of hydrogen-bond acceptors (Lipinski definition) is 9. The Morgan fingerprint density at radius 2 is 1.65 bits per heavy atom. The lowest BCUT2D eigenvalue weighted by molar-refractivity contribution is -0.131. The van der Waals surface area contributed by atoms with Crippen LogP contribution in [0.15, 0.2) is 76.5 Å². The molecule has 0 fully saturated rings. The van der Waals surface area contributed by atoms with Crippen LogP contribution in [0.2, 0.25) is 0 Å². The second kappa shape index (κ2) is 18.1. The number of anilines is 2. The standard InChI is InChI=1S/C39H51N3O7S2/c1-6-9-20-39(21-10-7-2)26-42(30-14-12-11-13-15-30)32-23-35(50-5)34(24-36(32)51(47,48)41-39)49-25-37(46)40-38(29-16-18-31(44)19-17-29)33(45)22-28(8-3)27(4)43/h11-19,23-24,28,38,41,44H,6-10,20-22,25-26H2,1-5H3,(H,40,46)/t28-,38-/m1/s1. The highest BCUT2D eigenvalue weighted by Crippen LogP contribution is 2.44. The number of nitrogens with zero attached hydrogens (tertiary/aromatic N) is 1. The molecule has 0 radical (unpaired) electrons. The number of amides is 1. The minimum atomic E-state index is -4.04. The van der Waals surface area contributed by atoms with Crippen molar-refractivity contribution < 1.29 is 32.6 Å². The Balaban J connectivity index is 1.68. The van der Waals surface area contributed by atoms with Gasteiger partial charge in [0.2, 0.25) is 10.0 Å². The number of aromatic hydroxyl groups is 1. The number of thioether (sulfide) groups is 1. The number of ketones is 2. The number of fused-ring (bicyclic) bond motifs is 1. The highest BCUT2D eigenvalue weighted by atomic mass is 32.2. The van der Waals surface area contributed by atoms with Crippen molar-refractivity contribution in [2.45, 2.75) is 100 Å². The zero-order chi connectivity index (χ0) is 37.2. The number of ether oxygens (including phenoxy) is 1. The van der Waals surface area contributed by atoms with Crippen molar-refractivity contribution in [2.24, 2.45) is 5.92 Å². The first-order valence-electron chi connectivity index (χ1n) is 17.7. The fourth-order valence-corrected chi connectivity index (χ4v) is 8.75. The van der Waals surface area contributed by atoms with Gasteiger partial charge < -0.3 is 20.1 Å². The van der Waals surface area contributed by atoms with Gasteiger partial charge in [0.05, 0.1) is 16.1 Å². The van der Waals surface area contributed by atoms with Crippen LogP contribution in [0.5, 0.6) is 11.5 Å². The molecule has 3 aromatic rings. The third kappa shape index (κ3) is 10.1. The molecule has 1 heterocycles. The van der Waals surface area contributed by atoms with Crippen molar-refractivity contribution >= 4 is 50.6 Å². The molecular weight excluding hydrogens is 687 g/mol. The fourth-order valence-electron chi connectivity index (χ4n) is 6.54. The molecule has 51 heavy (non-hydrogen) atoms. The lowest BCUT2D eigenvalue weighted by Gasteiger charge is -2.37. The number of nitrogens with one attached hydrogen (secondary N) is 2. The Morgan fingerprint density at radius 3 is 2.22 bits per heavy atom. The van der Waals surface area contributed by atoms with Gasteiger partial charge in [-0.3, -0.25) is 14.4 Å². The highest BCUT2D eigenvalue weighted by molar-refractivity contribution is 7.98. The molecule has 10 nitrogen and oxygen atoms in total. The molecule has 3 N–H and O–H groups in total. The van der Waals surface area contributed by atoms with Crippen LogP contribution in [0.4, 0.5) is 11.4 Å². The molecule has 0 bridgehead atoms. The highest BCUT2D eigenvalue weighted by Gasteiger charge is 2.42. The van der Waals surface area contributed by atoms with E-state index in [1.807, 2.05) is 49.6 Å². The largest absolute Gasteiger partial charge is 0.508 e. The molecular formula is C39H51N3O7S2. The minimum absolute atomic E-state index is 0.00539. The summed E-state index contributed by atoms with van der Waals surface area (Å²) in [4.78, 5) is 41.7. The number of unbranched alkanes of at least 4 members (excludes halogenated alkanes) is 2. The van der Waals surface area contributed by atoms with E-state index in [1.54, 1.807) is 12.1 Å². The van der Waals surface area contributed by atoms with Crippen LogP contribution >= 0.6 is 11.8 Å². The first-order valence-corrected chi connectivity index (χ1v) is 20.4. The van der Waals surface area contributed by atoms with Gasteiger partial charge >= 0.3 is 0 Å². The Labute approximate surface area is 306 Å². The van der Waals surface area contributed by atoms with E-state index in [-0.39, 0.29) is 34.4 Å². The number of para-hydroxylation sites is 1. The summed E-state index contributed by atoms with van der Waals surface area (Å²) in [6, 6.07) is 17.9. The van der Waals surface area contributed by atoms with Crippen LogP contribution in [0.1, 0.15) is 90.7 Å². The number of sulfonamides is 1. The summed E-state index contributed by atoms with van der Waals surface area (Å²) in [5, 5.41) is 12.6. The van der Waals surface area contributed by atoms with Crippen molar-refractivity contribution in [3.05, 3.63) is 72.3 Å². The lowest BCUT2D eigenvalue weighted by Crippen LogP contribution is -2.53. The normalized spacial score (nSPS) is 16.0. The number of rotatable bonds is 18. The molecule has 0 unspecified atom stereocenters. The Hall–Kier alpha value is -3.87. The van der Waals surface area contributed by atoms with Gasteiger partial charge in [-0.15, -0.1) is 11.8 Å². The van der Waals surface area contributed by atoms with Crippen molar-refractivity contribution in [3.63, 3.8) is 0 Å². The first-order chi connectivity index (χ1) is 24.4. The third-order valence-electron chi connectivity index (χ3n) is 9.45. The average Bonchev–Trinajstić information content (AvgIpc) is 3.21. The SMILES string of the molecule is CCCCC1(CCCC)CN(c2ccccc2)c2cc(SC)c(OCC(=O)N[C@@H](C(=O)C[C@@H](CC)C(C)=O)c3ccc(O)cc3)cc2S(=O)(=O)N1. The number of carbonyl (C=O) groups excluding carboxylic acids is 3. The molecule has 0 saturated carbocycles. The quantitative estimate of drug-likeness (QED) is 0.113. The molecule has 276 valence electrons. The van der Waals surface area contributed by atoms with Gasteiger partial charge in [-0.2, -0.15) is 0 Å². The predicted octanol–water partition coefficient (Wildman–Crippen LogP) is 7.47. The van der Waals surface area contributed by atoms with Gasteiger partial charge in [-0.1, -0.05) is 76.8 Å². The second-order valence-corrected chi connectivity index (χ2v) is 15.8. The van der Waals surface area contributed by atoms with E-state index in [0.717, 1.165) is 31.4 Å². The molecule has 0 spiro atoms. The van der Waals surface area contributed by atoms with Crippen molar-refractivity contribution in [2.75, 3.05) is 24.3 Å². The zero-order valence-corrected chi connectivity index (χ0v) is 31.9. The maximum absolute atomic E-state index is 14.3. The van der Waals surface area contributed by atoms with E-state index in [0.29, 0.717) is 42.0 Å². The van der Waals surface area contributed by atoms with E-state index < -0.39 is 40.0 Å². The molecule has 2 atom stereocenters. The number of carbonyl (C=O) groups is 3. The molecule has 12 heteroatoms. The molecule has 0 aliphatic carbocycles. The van der Waals surface area contributed by atoms with Crippen molar-refractivity contribution in [3.8, 4) is 11.5 Å².